The Hall–Kier alpha value is -6.05. The van der Waals surface area contributed by atoms with Gasteiger partial charge in [0.25, 0.3) is 15.9 Å². The van der Waals surface area contributed by atoms with Gasteiger partial charge in [-0.25, -0.2) is 33.0 Å². The number of hydrogen-bond acceptors (Lipinski definition) is 16. The van der Waals surface area contributed by atoms with Crippen molar-refractivity contribution in [3.05, 3.63) is 126 Å². The van der Waals surface area contributed by atoms with Crippen LogP contribution in [0, 0.1) is 0 Å². The maximum Gasteiger partial charge on any atom is 0.513 e. The predicted molar refractivity (Wildman–Crippen MR) is 193 cm³/mol. The van der Waals surface area contributed by atoms with Gasteiger partial charge in [0.15, 0.2) is 23.1 Å². The summed E-state index contributed by atoms with van der Waals surface area (Å²) in [4.78, 5) is 29.6. The molecule has 3 aromatic carbocycles. The maximum absolute atomic E-state index is 13.6. The molecule has 0 fully saturated rings. The summed E-state index contributed by atoms with van der Waals surface area (Å²) in [7, 11) is -2.87. The van der Waals surface area contributed by atoms with Crippen LogP contribution in [0.5, 0.6) is 17.2 Å². The first-order valence-electron chi connectivity index (χ1n) is 16.0. The Balaban J connectivity index is 1.62. The monoisotopic (exact) mass is 764 g/mol. The molecule has 18 heteroatoms. The Labute approximate surface area is 311 Å². The average Bonchev–Trinajstić information content (AvgIpc) is 3.14. The molecule has 0 aliphatic carbocycles. The fourth-order valence-corrected chi connectivity index (χ4v) is 5.35. The zero-order chi connectivity index (χ0) is 39.3. The van der Waals surface area contributed by atoms with Gasteiger partial charge in [0.2, 0.25) is 5.76 Å². The van der Waals surface area contributed by atoms with Gasteiger partial charge >= 0.3 is 6.16 Å². The predicted octanol–water partition coefficient (Wildman–Crippen LogP) is 5.08. The summed E-state index contributed by atoms with van der Waals surface area (Å²) in [5, 5.41) is 16.9. The SMILES string of the molecule is C=C(/N=C(OCCOC(=O)Oc1ccc(CON(O)O)cc1)\C(Oc1ccccc1OC)=C(/N)NS(=O)(=O)c1ccc(C(C)(C)C)cc1)c1ncccn1. The number of nitrogens with zero attached hydrogens (tertiary/aromatic N) is 4. The summed E-state index contributed by atoms with van der Waals surface area (Å²) in [5.41, 5.74) is 7.68. The van der Waals surface area contributed by atoms with Crippen LogP contribution >= 0.6 is 0 Å². The van der Waals surface area contributed by atoms with E-state index in [0.29, 0.717) is 5.56 Å². The summed E-state index contributed by atoms with van der Waals surface area (Å²) < 4.78 is 57.3. The van der Waals surface area contributed by atoms with E-state index in [9.17, 15) is 13.2 Å². The Morgan fingerprint density at radius 1 is 0.907 bits per heavy atom. The van der Waals surface area contributed by atoms with Gasteiger partial charge in [0.05, 0.1) is 24.0 Å². The van der Waals surface area contributed by atoms with Gasteiger partial charge in [0, 0.05) is 12.4 Å². The molecule has 4 rings (SSSR count). The highest BCUT2D eigenvalue weighted by Gasteiger charge is 2.25. The third-order valence-electron chi connectivity index (χ3n) is 7.07. The summed E-state index contributed by atoms with van der Waals surface area (Å²) in [6.07, 6.45) is 1.86. The van der Waals surface area contributed by atoms with Crippen molar-refractivity contribution in [2.24, 2.45) is 10.7 Å². The largest absolute Gasteiger partial charge is 0.513 e. The number of nitrogens with two attached hydrogens (primary N) is 1. The van der Waals surface area contributed by atoms with Crippen molar-refractivity contribution in [1.82, 2.24) is 20.1 Å². The number of carbonyl (C=O) groups excluding carboxylic acids is 1. The number of methoxy groups -OCH3 is 1. The van der Waals surface area contributed by atoms with Gasteiger partial charge in [-0.3, -0.25) is 15.1 Å². The molecular weight excluding hydrogens is 724 g/mol. The van der Waals surface area contributed by atoms with E-state index in [0.717, 1.165) is 5.56 Å². The van der Waals surface area contributed by atoms with Crippen LogP contribution in [0.1, 0.15) is 37.7 Å². The topological polar surface area (TPSA) is 226 Å². The van der Waals surface area contributed by atoms with Gasteiger partial charge < -0.3 is 29.4 Å². The molecule has 1 aromatic heterocycles. The van der Waals surface area contributed by atoms with Gasteiger partial charge in [-0.05, 0) is 59.0 Å². The molecule has 0 saturated heterocycles. The second-order valence-corrected chi connectivity index (χ2v) is 13.7. The van der Waals surface area contributed by atoms with E-state index in [-0.39, 0.29) is 64.8 Å². The van der Waals surface area contributed by atoms with Crippen molar-refractivity contribution in [3.8, 4) is 17.2 Å². The smallest absolute Gasteiger partial charge is 0.493 e. The Morgan fingerprint density at radius 3 is 2.15 bits per heavy atom. The summed E-state index contributed by atoms with van der Waals surface area (Å²) in [6, 6.07) is 20.3. The molecule has 4 aromatic rings. The van der Waals surface area contributed by atoms with Crippen molar-refractivity contribution in [2.75, 3.05) is 20.3 Å². The molecule has 54 heavy (non-hydrogen) atoms. The van der Waals surface area contributed by atoms with Crippen LogP contribution < -0.4 is 24.7 Å². The fourth-order valence-electron chi connectivity index (χ4n) is 4.36. The number of ether oxygens (including phenoxy) is 5. The van der Waals surface area contributed by atoms with E-state index >= 15 is 0 Å². The van der Waals surface area contributed by atoms with E-state index in [1.54, 1.807) is 42.5 Å². The molecular formula is C36H40N6O11S. The number of nitrogens with one attached hydrogen (secondary N) is 1. The van der Waals surface area contributed by atoms with Crippen LogP contribution in [0.3, 0.4) is 0 Å². The average molecular weight is 765 g/mol. The molecule has 0 unspecified atom stereocenters. The van der Waals surface area contributed by atoms with E-state index in [1.165, 1.54) is 55.9 Å². The number of aliphatic imine (C=N–C) groups is 1. The third kappa shape index (κ3) is 12.0. The number of carbonyl (C=O) groups is 1. The minimum absolute atomic E-state index is 0.0139. The molecule has 1 heterocycles. The molecule has 5 N–H and O–H groups in total. The van der Waals surface area contributed by atoms with Crippen molar-refractivity contribution in [1.29, 1.82) is 0 Å². The standard InChI is InChI=1S/C36H40N6O11S/c1-24(33-38-19-8-20-39-33)40-34(49-21-22-50-35(43)52-27-15-11-25(12-16-27)23-51-42(44)45)31(53-30-10-7-6-9-29(30)48-5)32(37)41-54(46,47)28-17-13-26(14-18-28)36(2,3)4/h6-20,41,44-45H,1,21-23,37H2,2-5H3/b32-31-,40-34+. The van der Waals surface area contributed by atoms with Crippen molar-refractivity contribution >= 4 is 27.8 Å². The molecule has 0 aliphatic heterocycles. The lowest BCUT2D eigenvalue weighted by atomic mass is 9.87. The van der Waals surface area contributed by atoms with Crippen LogP contribution in [0.15, 0.2) is 119 Å². The van der Waals surface area contributed by atoms with Crippen LogP contribution in [0.2, 0.25) is 0 Å². The molecule has 286 valence electrons. The highest BCUT2D eigenvalue weighted by atomic mass is 32.2. The van der Waals surface area contributed by atoms with E-state index in [2.05, 4.69) is 31.1 Å². The molecule has 17 nitrogen and oxygen atoms in total. The Morgan fingerprint density at radius 2 is 1.54 bits per heavy atom. The summed E-state index contributed by atoms with van der Waals surface area (Å²) in [6.45, 7) is 9.02. The van der Waals surface area contributed by atoms with Gasteiger partial charge in [0.1, 0.15) is 24.7 Å². The summed E-state index contributed by atoms with van der Waals surface area (Å²) >= 11 is 0. The highest BCUT2D eigenvalue weighted by molar-refractivity contribution is 7.89. The van der Waals surface area contributed by atoms with Crippen LogP contribution in [-0.2, 0) is 36.4 Å². The first-order valence-corrected chi connectivity index (χ1v) is 17.5. The van der Waals surface area contributed by atoms with E-state index < -0.39 is 33.1 Å². The normalized spacial score (nSPS) is 12.4. The maximum atomic E-state index is 13.6. The molecule has 0 radical (unpaired) electrons. The summed E-state index contributed by atoms with van der Waals surface area (Å²) in [5.74, 6) is -0.698. The first kappa shape index (κ1) is 40.7. The van der Waals surface area contributed by atoms with Gasteiger partial charge in [-0.1, -0.05) is 63.7 Å². The van der Waals surface area contributed by atoms with E-state index in [1.807, 2.05) is 20.8 Å². The number of para-hydroxylation sites is 2. The van der Waals surface area contributed by atoms with Crippen molar-refractivity contribution in [3.63, 3.8) is 0 Å². The lowest BCUT2D eigenvalue weighted by Gasteiger charge is -2.20. The number of hydrogen-bond donors (Lipinski definition) is 4. The van der Waals surface area contributed by atoms with Crippen LogP contribution in [0.4, 0.5) is 4.79 Å². The number of sulfonamides is 1. The first-order chi connectivity index (χ1) is 25.7. The Kier molecular flexibility index (Phi) is 14.0. The van der Waals surface area contributed by atoms with Crippen LogP contribution in [0.25, 0.3) is 5.70 Å². The second-order valence-electron chi connectivity index (χ2n) is 12.0. The van der Waals surface area contributed by atoms with E-state index in [4.69, 9.17) is 39.8 Å². The zero-order valence-corrected chi connectivity index (χ0v) is 30.6. The molecule has 0 atom stereocenters. The molecule has 0 saturated carbocycles. The third-order valence-corrected chi connectivity index (χ3v) is 8.45. The fraction of sp³-hybridized carbons (Fsp3) is 0.222. The minimum Gasteiger partial charge on any atom is -0.493 e. The lowest BCUT2D eigenvalue weighted by molar-refractivity contribution is -0.497. The number of aromatic nitrogens is 2. The molecule has 0 bridgehead atoms. The molecule has 0 amide bonds. The van der Waals surface area contributed by atoms with Gasteiger partial charge in [-0.2, -0.15) is 0 Å². The second kappa shape index (κ2) is 18.6. The zero-order valence-electron chi connectivity index (χ0n) is 29.8. The van der Waals surface area contributed by atoms with Crippen molar-refractivity contribution < 1.29 is 52.1 Å². The molecule has 0 aliphatic rings. The van der Waals surface area contributed by atoms with Crippen LogP contribution in [-0.4, -0.2) is 66.6 Å². The number of benzene rings is 3. The van der Waals surface area contributed by atoms with Gasteiger partial charge in [-0.15, -0.1) is 0 Å². The quantitative estimate of drug-likeness (QED) is 0.0222. The minimum atomic E-state index is -4.28. The Bertz CT molecular complexity index is 2050. The highest BCUT2D eigenvalue weighted by Crippen LogP contribution is 2.29. The number of rotatable bonds is 16. The lowest BCUT2D eigenvalue weighted by Crippen LogP contribution is -2.33. The molecule has 0 spiro atoms. The van der Waals surface area contributed by atoms with Crippen molar-refractivity contribution in [2.45, 2.75) is 37.7 Å².